The fourth-order valence-electron chi connectivity index (χ4n) is 0.907. The fraction of sp³-hybridized carbons (Fsp3) is 0.429. The first-order valence-corrected chi connectivity index (χ1v) is 3.14. The molecule has 1 unspecified atom stereocenters. The number of hydrogen-bond donors (Lipinski definition) is 1. The van der Waals surface area contributed by atoms with Gasteiger partial charge in [0.2, 0.25) is 0 Å². The van der Waals surface area contributed by atoms with Crippen LogP contribution < -0.4 is 0 Å². The number of carboxylic acids is 1. The summed E-state index contributed by atoms with van der Waals surface area (Å²) in [5.74, 6) is -1.18. The smallest absolute Gasteiger partial charge is 0.312 e. The van der Waals surface area contributed by atoms with E-state index < -0.39 is 11.9 Å². The predicted molar refractivity (Wildman–Crippen MR) is 38.0 cm³/mol. The Morgan fingerprint density at radius 1 is 1.90 bits per heavy atom. The Hall–Kier alpha value is -1.12. The van der Waals surface area contributed by atoms with Crippen molar-refractivity contribution < 1.29 is 9.90 Å². The normalized spacial score (nSPS) is 24.1. The van der Waals surface area contributed by atoms with Gasteiger partial charge in [-0.15, -0.1) is 0 Å². The van der Waals surface area contributed by atoms with Crippen LogP contribution in [-0.4, -0.2) is 16.8 Å². The van der Waals surface area contributed by atoms with Crippen molar-refractivity contribution in [3.8, 4) is 0 Å². The minimum atomic E-state index is -0.786. The lowest BCUT2D eigenvalue weighted by Crippen LogP contribution is -2.22. The molecule has 1 N–H and O–H groups in total. The number of allylic oxidation sites excluding steroid dienone is 1. The molecule has 0 spiro atoms. The molecule has 3 heteroatoms. The van der Waals surface area contributed by atoms with Crippen LogP contribution in [0.4, 0.5) is 0 Å². The third-order valence-electron chi connectivity index (χ3n) is 1.56. The quantitative estimate of drug-likeness (QED) is 0.590. The Labute approximate surface area is 59.1 Å². The maximum atomic E-state index is 10.5. The van der Waals surface area contributed by atoms with E-state index in [0.717, 1.165) is 0 Å². The van der Waals surface area contributed by atoms with Crippen molar-refractivity contribution in [3.05, 3.63) is 12.3 Å². The zero-order valence-corrected chi connectivity index (χ0v) is 5.74. The van der Waals surface area contributed by atoms with Crippen LogP contribution in [0, 0.1) is 5.92 Å². The number of hydrogen-bond acceptors (Lipinski definition) is 2. The molecule has 10 heavy (non-hydrogen) atoms. The minimum absolute atomic E-state index is 0.398. The predicted octanol–water partition coefficient (Wildman–Crippen LogP) is 1.07. The van der Waals surface area contributed by atoms with Crippen LogP contribution in [0.15, 0.2) is 17.3 Å². The minimum Gasteiger partial charge on any atom is -0.481 e. The van der Waals surface area contributed by atoms with Gasteiger partial charge in [-0.1, -0.05) is 6.08 Å². The highest BCUT2D eigenvalue weighted by atomic mass is 16.4. The second-order valence-electron chi connectivity index (χ2n) is 2.28. The lowest BCUT2D eigenvalue weighted by atomic mass is 9.99. The molecule has 3 nitrogen and oxygen atoms in total. The molecule has 0 aliphatic carbocycles. The number of carbonyl (C=O) groups is 1. The van der Waals surface area contributed by atoms with E-state index >= 15 is 0 Å². The third kappa shape index (κ3) is 1.23. The lowest BCUT2D eigenvalue weighted by molar-refractivity contribution is -0.139. The van der Waals surface area contributed by atoms with Crippen LogP contribution in [0.2, 0.25) is 0 Å². The van der Waals surface area contributed by atoms with Gasteiger partial charge in [0.15, 0.2) is 0 Å². The third-order valence-corrected chi connectivity index (χ3v) is 1.56. The van der Waals surface area contributed by atoms with Crippen molar-refractivity contribution in [1.82, 2.24) is 0 Å². The molecular weight excluding hydrogens is 130 g/mol. The van der Waals surface area contributed by atoms with Crippen LogP contribution in [-0.2, 0) is 4.79 Å². The maximum Gasteiger partial charge on any atom is 0.312 e. The van der Waals surface area contributed by atoms with Crippen molar-refractivity contribution in [1.29, 1.82) is 0 Å². The molecule has 0 amide bonds. The highest BCUT2D eigenvalue weighted by Crippen LogP contribution is 2.11. The van der Waals surface area contributed by atoms with E-state index in [2.05, 4.69) is 4.99 Å². The lowest BCUT2D eigenvalue weighted by Gasteiger charge is -2.11. The standard InChI is InChI=1S/C7H9NO2/c1-5-6(7(9)10)3-2-4-8-5/h2,4,6H,3H2,1H3,(H,9,10). The topological polar surface area (TPSA) is 49.7 Å². The molecule has 0 fully saturated rings. The average Bonchev–Trinajstić information content (AvgIpc) is 1.88. The number of aliphatic carboxylic acids is 1. The van der Waals surface area contributed by atoms with Crippen molar-refractivity contribution in [2.24, 2.45) is 10.9 Å². The second kappa shape index (κ2) is 2.64. The summed E-state index contributed by atoms with van der Waals surface area (Å²) in [5.41, 5.74) is 0.690. The summed E-state index contributed by atoms with van der Waals surface area (Å²) in [6.45, 7) is 1.74. The monoisotopic (exact) mass is 139 g/mol. The largest absolute Gasteiger partial charge is 0.481 e. The van der Waals surface area contributed by atoms with Gasteiger partial charge in [-0.05, 0) is 13.3 Å². The molecule has 0 aromatic carbocycles. The highest BCUT2D eigenvalue weighted by molar-refractivity contribution is 6.01. The first-order chi connectivity index (χ1) is 4.72. The summed E-state index contributed by atoms with van der Waals surface area (Å²) in [4.78, 5) is 14.3. The first-order valence-electron chi connectivity index (χ1n) is 3.14. The number of carboxylic acid groups (broad SMARTS) is 1. The van der Waals surface area contributed by atoms with Crippen LogP contribution >= 0.6 is 0 Å². The van der Waals surface area contributed by atoms with Gasteiger partial charge in [0.05, 0.1) is 5.92 Å². The molecule has 0 bridgehead atoms. The Balaban J connectivity index is 2.73. The van der Waals surface area contributed by atoms with Crippen molar-refractivity contribution in [3.63, 3.8) is 0 Å². The molecule has 54 valence electrons. The Morgan fingerprint density at radius 3 is 3.00 bits per heavy atom. The first kappa shape index (κ1) is 6.99. The van der Waals surface area contributed by atoms with Crippen LogP contribution in [0.1, 0.15) is 13.3 Å². The van der Waals surface area contributed by atoms with Gasteiger partial charge < -0.3 is 5.11 Å². The van der Waals surface area contributed by atoms with E-state index in [9.17, 15) is 4.79 Å². The Bertz CT molecular complexity index is 206. The number of rotatable bonds is 1. The summed E-state index contributed by atoms with van der Waals surface area (Å²) >= 11 is 0. The van der Waals surface area contributed by atoms with Crippen LogP contribution in [0.5, 0.6) is 0 Å². The molecule has 1 heterocycles. The van der Waals surface area contributed by atoms with Gasteiger partial charge in [0.25, 0.3) is 0 Å². The molecule has 0 saturated carbocycles. The molecule has 0 radical (unpaired) electrons. The van der Waals surface area contributed by atoms with E-state index in [-0.39, 0.29) is 0 Å². The van der Waals surface area contributed by atoms with Crippen molar-refractivity contribution in [2.75, 3.05) is 0 Å². The van der Waals surface area contributed by atoms with Gasteiger partial charge in [0.1, 0.15) is 0 Å². The fourth-order valence-corrected chi connectivity index (χ4v) is 0.907. The molecule has 0 saturated heterocycles. The van der Waals surface area contributed by atoms with E-state index in [1.165, 1.54) is 0 Å². The van der Waals surface area contributed by atoms with E-state index in [1.807, 2.05) is 0 Å². The Kier molecular flexibility index (Phi) is 1.85. The Morgan fingerprint density at radius 2 is 2.60 bits per heavy atom. The molecule has 0 aromatic rings. The summed E-state index contributed by atoms with van der Waals surface area (Å²) < 4.78 is 0. The maximum absolute atomic E-state index is 10.5. The van der Waals surface area contributed by atoms with E-state index in [4.69, 9.17) is 5.11 Å². The van der Waals surface area contributed by atoms with Crippen molar-refractivity contribution >= 4 is 11.7 Å². The van der Waals surface area contributed by atoms with Crippen LogP contribution in [0.25, 0.3) is 0 Å². The second-order valence-corrected chi connectivity index (χ2v) is 2.28. The highest BCUT2D eigenvalue weighted by Gasteiger charge is 2.20. The zero-order valence-electron chi connectivity index (χ0n) is 5.74. The van der Waals surface area contributed by atoms with Crippen LogP contribution in [0.3, 0.4) is 0 Å². The van der Waals surface area contributed by atoms with E-state index in [1.54, 1.807) is 19.2 Å². The SMILES string of the molecule is CC1=NC=CCC1C(=O)O. The average molecular weight is 139 g/mol. The van der Waals surface area contributed by atoms with Gasteiger partial charge >= 0.3 is 5.97 Å². The van der Waals surface area contributed by atoms with Crippen molar-refractivity contribution in [2.45, 2.75) is 13.3 Å². The van der Waals surface area contributed by atoms with Gasteiger partial charge in [-0.25, -0.2) is 0 Å². The number of nitrogens with zero attached hydrogens (tertiary/aromatic N) is 1. The summed E-state index contributed by atoms with van der Waals surface area (Å²) in [6, 6.07) is 0. The summed E-state index contributed by atoms with van der Waals surface area (Å²) in [6.07, 6.45) is 3.99. The van der Waals surface area contributed by atoms with Gasteiger partial charge in [0, 0.05) is 11.9 Å². The molecule has 1 rings (SSSR count). The molecule has 1 aliphatic rings. The summed E-state index contributed by atoms with van der Waals surface area (Å²) in [5, 5.41) is 8.59. The summed E-state index contributed by atoms with van der Waals surface area (Å²) in [7, 11) is 0. The molecule has 0 aromatic heterocycles. The molecular formula is C7H9NO2. The van der Waals surface area contributed by atoms with E-state index in [0.29, 0.717) is 12.1 Å². The zero-order chi connectivity index (χ0) is 7.56. The number of aliphatic imine (C=N–C) groups is 1. The molecule has 1 aliphatic heterocycles. The van der Waals surface area contributed by atoms with Gasteiger partial charge in [-0.2, -0.15) is 0 Å². The molecule has 1 atom stereocenters. The van der Waals surface area contributed by atoms with Gasteiger partial charge in [-0.3, -0.25) is 9.79 Å².